The predicted molar refractivity (Wildman–Crippen MR) is 113 cm³/mol. The molecule has 0 aromatic carbocycles. The summed E-state index contributed by atoms with van der Waals surface area (Å²) in [6, 6.07) is 14.9. The summed E-state index contributed by atoms with van der Waals surface area (Å²) in [5.41, 5.74) is 3.97. The molecule has 0 unspecified atom stereocenters. The molecule has 5 aromatic heterocycles. The number of amides is 1. The Morgan fingerprint density at radius 2 is 1.47 bits per heavy atom. The van der Waals surface area contributed by atoms with E-state index in [9.17, 15) is 4.79 Å². The summed E-state index contributed by atoms with van der Waals surface area (Å²) < 4.78 is 3.96. The largest absolute Gasteiger partial charge is 0.327 e. The molecule has 0 aliphatic carbocycles. The minimum absolute atomic E-state index is 0.143. The average Bonchev–Trinajstić information content (AvgIpc) is 3.37. The zero-order valence-corrected chi connectivity index (χ0v) is 16.6. The van der Waals surface area contributed by atoms with Gasteiger partial charge in [-0.15, -0.1) is 0 Å². The molecule has 0 spiro atoms. The zero-order chi connectivity index (χ0) is 20.5. The third kappa shape index (κ3) is 3.40. The number of hydrogen-bond donors (Lipinski definition) is 0. The second kappa shape index (κ2) is 7.61. The molecule has 0 atom stereocenters. The molecule has 0 bridgehead atoms. The SMILES string of the molecule is O=C(c1ccnc(Cl)c1)N(Cc1cnc2ccccn12)Cc1cnc2ccccn12. The van der Waals surface area contributed by atoms with Crippen LogP contribution in [0.1, 0.15) is 21.7 Å². The Morgan fingerprint density at radius 3 is 2.03 bits per heavy atom. The molecule has 7 nitrogen and oxygen atoms in total. The van der Waals surface area contributed by atoms with E-state index in [0.29, 0.717) is 18.7 Å². The Labute approximate surface area is 177 Å². The van der Waals surface area contributed by atoms with E-state index in [1.165, 1.54) is 6.20 Å². The highest BCUT2D eigenvalue weighted by molar-refractivity contribution is 6.29. The second-order valence-corrected chi connectivity index (χ2v) is 7.27. The number of imidazole rings is 2. The van der Waals surface area contributed by atoms with E-state index < -0.39 is 0 Å². The highest BCUT2D eigenvalue weighted by Crippen LogP contribution is 2.18. The van der Waals surface area contributed by atoms with Gasteiger partial charge in [0.1, 0.15) is 16.4 Å². The number of carbonyl (C=O) groups is 1. The summed E-state index contributed by atoms with van der Waals surface area (Å²) in [5, 5.41) is 0.283. The average molecular weight is 417 g/mol. The summed E-state index contributed by atoms with van der Waals surface area (Å²) in [6.07, 6.45) is 9.01. The first-order valence-corrected chi connectivity index (χ1v) is 9.79. The minimum atomic E-state index is -0.143. The number of fused-ring (bicyclic) bond motifs is 2. The number of halogens is 1. The van der Waals surface area contributed by atoms with E-state index in [2.05, 4.69) is 15.0 Å². The number of pyridine rings is 3. The molecule has 0 aliphatic heterocycles. The van der Waals surface area contributed by atoms with Crippen LogP contribution < -0.4 is 0 Å². The van der Waals surface area contributed by atoms with Gasteiger partial charge in [-0.2, -0.15) is 0 Å². The van der Waals surface area contributed by atoms with Crippen LogP contribution in [0.3, 0.4) is 0 Å². The Hall–Kier alpha value is -3.71. The van der Waals surface area contributed by atoms with Gasteiger partial charge in [0, 0.05) is 24.2 Å². The van der Waals surface area contributed by atoms with Crippen LogP contribution in [0.25, 0.3) is 11.3 Å². The van der Waals surface area contributed by atoms with Crippen molar-refractivity contribution in [1.82, 2.24) is 28.7 Å². The van der Waals surface area contributed by atoms with Crippen molar-refractivity contribution in [2.45, 2.75) is 13.1 Å². The van der Waals surface area contributed by atoms with E-state index in [1.807, 2.05) is 57.6 Å². The number of rotatable bonds is 5. The fraction of sp³-hybridized carbons (Fsp3) is 0.0909. The Bertz CT molecular complexity index is 1280. The van der Waals surface area contributed by atoms with Crippen LogP contribution in [0.15, 0.2) is 79.5 Å². The monoisotopic (exact) mass is 416 g/mol. The van der Waals surface area contributed by atoms with Crippen molar-refractivity contribution < 1.29 is 4.79 Å². The Kier molecular flexibility index (Phi) is 4.65. The maximum Gasteiger partial charge on any atom is 0.254 e. The molecule has 8 heteroatoms. The van der Waals surface area contributed by atoms with Gasteiger partial charge >= 0.3 is 0 Å². The maximum atomic E-state index is 13.4. The lowest BCUT2D eigenvalue weighted by atomic mass is 10.2. The van der Waals surface area contributed by atoms with E-state index >= 15 is 0 Å². The standard InChI is InChI=1S/C22H17ClN6O/c23-19-11-16(7-8-24-19)22(30)27(14-17-12-25-20-5-1-3-9-28(17)20)15-18-13-26-21-6-2-4-10-29(18)21/h1-13H,14-15H2. The first kappa shape index (κ1) is 18.3. The molecule has 0 N–H and O–H groups in total. The molecular formula is C22H17ClN6O. The van der Waals surface area contributed by atoms with Crippen molar-refractivity contribution in [3.05, 3.63) is 102 Å². The normalized spacial score (nSPS) is 11.2. The molecule has 30 heavy (non-hydrogen) atoms. The van der Waals surface area contributed by atoms with Gasteiger partial charge in [0.15, 0.2) is 0 Å². The van der Waals surface area contributed by atoms with E-state index in [4.69, 9.17) is 11.6 Å². The number of carbonyl (C=O) groups excluding carboxylic acids is 1. The molecule has 0 aliphatic rings. The van der Waals surface area contributed by atoms with Gasteiger partial charge in [-0.1, -0.05) is 23.7 Å². The lowest BCUT2D eigenvalue weighted by molar-refractivity contribution is 0.0724. The highest BCUT2D eigenvalue weighted by atomic mass is 35.5. The van der Waals surface area contributed by atoms with Crippen molar-refractivity contribution in [2.24, 2.45) is 0 Å². The quantitative estimate of drug-likeness (QED) is 0.408. The maximum absolute atomic E-state index is 13.4. The van der Waals surface area contributed by atoms with Crippen LogP contribution in [-0.2, 0) is 13.1 Å². The van der Waals surface area contributed by atoms with Crippen LogP contribution in [0.5, 0.6) is 0 Å². The third-order valence-electron chi connectivity index (χ3n) is 4.95. The van der Waals surface area contributed by atoms with Gasteiger partial charge in [-0.3, -0.25) is 4.79 Å². The number of aromatic nitrogens is 5. The molecule has 0 saturated carbocycles. The van der Waals surface area contributed by atoms with Gasteiger partial charge in [-0.25, -0.2) is 15.0 Å². The fourth-order valence-electron chi connectivity index (χ4n) is 3.51. The van der Waals surface area contributed by atoms with E-state index in [1.54, 1.807) is 29.4 Å². The molecule has 5 heterocycles. The molecule has 148 valence electrons. The Morgan fingerprint density at radius 1 is 0.867 bits per heavy atom. The van der Waals surface area contributed by atoms with Crippen molar-refractivity contribution >= 4 is 28.8 Å². The van der Waals surface area contributed by atoms with Crippen molar-refractivity contribution in [3.8, 4) is 0 Å². The van der Waals surface area contributed by atoms with Gasteiger partial charge in [0.05, 0.1) is 36.9 Å². The molecule has 5 rings (SSSR count). The molecule has 5 aromatic rings. The van der Waals surface area contributed by atoms with Crippen molar-refractivity contribution in [2.75, 3.05) is 0 Å². The minimum Gasteiger partial charge on any atom is -0.327 e. The van der Waals surface area contributed by atoms with Gasteiger partial charge in [-0.05, 0) is 36.4 Å². The summed E-state index contributed by atoms with van der Waals surface area (Å²) >= 11 is 6.03. The van der Waals surface area contributed by atoms with Crippen molar-refractivity contribution in [3.63, 3.8) is 0 Å². The second-order valence-electron chi connectivity index (χ2n) is 6.89. The molecule has 0 radical (unpaired) electrons. The van der Waals surface area contributed by atoms with Crippen LogP contribution in [0.2, 0.25) is 5.15 Å². The summed E-state index contributed by atoms with van der Waals surface area (Å²) in [6.45, 7) is 0.758. The van der Waals surface area contributed by atoms with Crippen LogP contribution in [-0.4, -0.2) is 34.6 Å². The first-order valence-electron chi connectivity index (χ1n) is 9.42. The topological polar surface area (TPSA) is 67.8 Å². The number of nitrogens with zero attached hydrogens (tertiary/aromatic N) is 6. The van der Waals surface area contributed by atoms with Gasteiger partial charge in [0.25, 0.3) is 5.91 Å². The van der Waals surface area contributed by atoms with Gasteiger partial charge < -0.3 is 13.7 Å². The lowest BCUT2D eigenvalue weighted by Crippen LogP contribution is -2.31. The summed E-state index contributed by atoms with van der Waals surface area (Å²) in [4.78, 5) is 28.0. The first-order chi connectivity index (χ1) is 14.7. The highest BCUT2D eigenvalue weighted by Gasteiger charge is 2.20. The summed E-state index contributed by atoms with van der Waals surface area (Å²) in [7, 11) is 0. The molecule has 1 amide bonds. The molecule has 0 saturated heterocycles. The summed E-state index contributed by atoms with van der Waals surface area (Å²) in [5.74, 6) is -0.143. The predicted octanol–water partition coefficient (Wildman–Crippen LogP) is 3.87. The Balaban J connectivity index is 1.53. The van der Waals surface area contributed by atoms with Crippen LogP contribution in [0.4, 0.5) is 0 Å². The molecular weight excluding hydrogens is 400 g/mol. The fourth-order valence-corrected chi connectivity index (χ4v) is 3.69. The van der Waals surface area contributed by atoms with Crippen LogP contribution in [0, 0.1) is 0 Å². The number of hydrogen-bond acceptors (Lipinski definition) is 4. The van der Waals surface area contributed by atoms with E-state index in [-0.39, 0.29) is 11.1 Å². The smallest absolute Gasteiger partial charge is 0.254 e. The zero-order valence-electron chi connectivity index (χ0n) is 15.9. The van der Waals surface area contributed by atoms with Crippen molar-refractivity contribution in [1.29, 1.82) is 0 Å². The third-order valence-corrected chi connectivity index (χ3v) is 5.16. The van der Waals surface area contributed by atoms with E-state index in [0.717, 1.165) is 22.7 Å². The van der Waals surface area contributed by atoms with Crippen LogP contribution >= 0.6 is 11.6 Å². The van der Waals surface area contributed by atoms with Gasteiger partial charge in [0.2, 0.25) is 0 Å². The molecule has 0 fully saturated rings. The lowest BCUT2D eigenvalue weighted by Gasteiger charge is -2.22.